The zero-order chi connectivity index (χ0) is 14.7. The van der Waals surface area contributed by atoms with Gasteiger partial charge in [0.05, 0.1) is 23.9 Å². The molecule has 0 aliphatic rings. The van der Waals surface area contributed by atoms with Gasteiger partial charge in [-0.2, -0.15) is 0 Å². The van der Waals surface area contributed by atoms with E-state index in [1.165, 1.54) is 0 Å². The van der Waals surface area contributed by atoms with Gasteiger partial charge in [0.2, 0.25) is 0 Å². The average Bonchev–Trinajstić information content (AvgIpc) is 2.89. The Kier molecular flexibility index (Phi) is 5.02. The molecule has 1 unspecified atom stereocenters. The Hall–Kier alpha value is -1.10. The Balaban J connectivity index is 2.33. The maximum absolute atomic E-state index is 6.20. The Morgan fingerprint density at radius 3 is 2.60 bits per heavy atom. The van der Waals surface area contributed by atoms with E-state index in [4.69, 9.17) is 21.3 Å². The quantitative estimate of drug-likeness (QED) is 0.897. The van der Waals surface area contributed by atoms with E-state index in [2.05, 4.69) is 24.5 Å². The Morgan fingerprint density at radius 1 is 1.35 bits per heavy atom. The lowest BCUT2D eigenvalue weighted by molar-refractivity contribution is 0.414. The molecule has 0 bridgehead atoms. The van der Waals surface area contributed by atoms with Crippen LogP contribution in [-0.4, -0.2) is 19.1 Å². The third kappa shape index (κ3) is 3.14. The van der Waals surface area contributed by atoms with Crippen molar-refractivity contribution in [2.75, 3.05) is 14.2 Å². The number of benzene rings is 1. The molecule has 0 amide bonds. The first-order valence-corrected chi connectivity index (χ1v) is 7.78. The van der Waals surface area contributed by atoms with Crippen molar-refractivity contribution in [2.45, 2.75) is 25.8 Å². The Bertz CT molecular complexity index is 583. The molecule has 1 aromatic carbocycles. The van der Waals surface area contributed by atoms with Crippen molar-refractivity contribution in [3.63, 3.8) is 0 Å². The van der Waals surface area contributed by atoms with Gasteiger partial charge in [0.1, 0.15) is 10.8 Å². The van der Waals surface area contributed by atoms with E-state index in [0.29, 0.717) is 16.7 Å². The van der Waals surface area contributed by atoms with E-state index in [1.54, 1.807) is 18.4 Å². The van der Waals surface area contributed by atoms with Crippen LogP contribution in [0.4, 0.5) is 0 Å². The molecule has 5 heteroatoms. The number of ether oxygens (including phenoxy) is 1. The molecule has 0 fully saturated rings. The second-order valence-electron chi connectivity index (χ2n) is 4.88. The summed E-state index contributed by atoms with van der Waals surface area (Å²) in [7, 11) is 3.55. The molecule has 1 heterocycles. The summed E-state index contributed by atoms with van der Waals surface area (Å²) in [5, 5.41) is 7.09. The first-order valence-electron chi connectivity index (χ1n) is 6.52. The standard InChI is InChI=1S/C15H19ClN2OS/c1-9(2)12-8-20-15(18-12)14(17-3)10-5-6-13(19-4)11(16)7-10/h5-9,14,17H,1-4H3. The van der Waals surface area contributed by atoms with Crippen LogP contribution in [0.1, 0.15) is 42.1 Å². The summed E-state index contributed by atoms with van der Waals surface area (Å²) in [5.74, 6) is 1.13. The van der Waals surface area contributed by atoms with Gasteiger partial charge in [-0.05, 0) is 30.7 Å². The largest absolute Gasteiger partial charge is 0.495 e. The van der Waals surface area contributed by atoms with Crippen LogP contribution in [0.15, 0.2) is 23.6 Å². The normalized spacial score (nSPS) is 12.7. The van der Waals surface area contributed by atoms with Crippen molar-refractivity contribution in [1.29, 1.82) is 0 Å². The lowest BCUT2D eigenvalue weighted by atomic mass is 10.1. The molecule has 0 saturated heterocycles. The Morgan fingerprint density at radius 2 is 2.10 bits per heavy atom. The molecular weight excluding hydrogens is 292 g/mol. The molecule has 0 spiro atoms. The molecule has 2 aromatic rings. The molecule has 0 radical (unpaired) electrons. The van der Waals surface area contributed by atoms with Crippen LogP contribution in [0.3, 0.4) is 0 Å². The number of hydrogen-bond donors (Lipinski definition) is 1. The van der Waals surface area contributed by atoms with Gasteiger partial charge in [0.25, 0.3) is 0 Å². The van der Waals surface area contributed by atoms with Crippen LogP contribution in [0.25, 0.3) is 0 Å². The van der Waals surface area contributed by atoms with Gasteiger partial charge in [0.15, 0.2) is 0 Å². The minimum atomic E-state index is 0.0518. The fourth-order valence-electron chi connectivity index (χ4n) is 1.99. The maximum atomic E-state index is 6.20. The molecule has 1 N–H and O–H groups in total. The molecule has 108 valence electrons. The van der Waals surface area contributed by atoms with Gasteiger partial charge in [-0.25, -0.2) is 4.98 Å². The van der Waals surface area contributed by atoms with Crippen molar-refractivity contribution >= 4 is 22.9 Å². The third-order valence-electron chi connectivity index (χ3n) is 3.18. The fraction of sp³-hybridized carbons (Fsp3) is 0.400. The molecule has 0 saturated carbocycles. The second-order valence-corrected chi connectivity index (χ2v) is 6.18. The van der Waals surface area contributed by atoms with Crippen LogP contribution in [0.2, 0.25) is 5.02 Å². The van der Waals surface area contributed by atoms with Crippen molar-refractivity contribution < 1.29 is 4.74 Å². The molecule has 0 aliphatic heterocycles. The van der Waals surface area contributed by atoms with E-state index in [0.717, 1.165) is 16.3 Å². The summed E-state index contributed by atoms with van der Waals surface area (Å²) < 4.78 is 5.19. The van der Waals surface area contributed by atoms with Gasteiger partial charge >= 0.3 is 0 Å². The fourth-order valence-corrected chi connectivity index (χ4v) is 3.37. The molecule has 3 nitrogen and oxygen atoms in total. The van der Waals surface area contributed by atoms with Gasteiger partial charge in [0, 0.05) is 5.38 Å². The average molecular weight is 311 g/mol. The molecule has 2 rings (SSSR count). The summed E-state index contributed by atoms with van der Waals surface area (Å²) in [5.41, 5.74) is 2.22. The van der Waals surface area contributed by atoms with Crippen molar-refractivity contribution in [3.05, 3.63) is 44.9 Å². The predicted octanol–water partition coefficient (Wildman–Crippen LogP) is 4.24. The highest BCUT2D eigenvalue weighted by Crippen LogP contribution is 2.32. The zero-order valence-corrected chi connectivity index (χ0v) is 13.7. The first-order chi connectivity index (χ1) is 9.56. The summed E-state index contributed by atoms with van der Waals surface area (Å²) in [6.07, 6.45) is 0. The highest BCUT2D eigenvalue weighted by atomic mass is 35.5. The van der Waals surface area contributed by atoms with Gasteiger partial charge in [-0.15, -0.1) is 11.3 Å². The minimum absolute atomic E-state index is 0.0518. The topological polar surface area (TPSA) is 34.1 Å². The van der Waals surface area contributed by atoms with Crippen molar-refractivity contribution in [3.8, 4) is 5.75 Å². The van der Waals surface area contributed by atoms with Gasteiger partial charge in [-0.3, -0.25) is 0 Å². The highest BCUT2D eigenvalue weighted by molar-refractivity contribution is 7.09. The highest BCUT2D eigenvalue weighted by Gasteiger charge is 2.18. The van der Waals surface area contributed by atoms with E-state index >= 15 is 0 Å². The summed E-state index contributed by atoms with van der Waals surface area (Å²) in [6, 6.07) is 5.88. The smallest absolute Gasteiger partial charge is 0.137 e. The number of nitrogens with one attached hydrogen (secondary N) is 1. The molecule has 20 heavy (non-hydrogen) atoms. The number of aromatic nitrogens is 1. The number of rotatable bonds is 5. The summed E-state index contributed by atoms with van der Waals surface area (Å²) >= 11 is 7.88. The first kappa shape index (κ1) is 15.3. The third-order valence-corrected chi connectivity index (χ3v) is 4.40. The molecule has 0 aliphatic carbocycles. The van der Waals surface area contributed by atoms with E-state index in [1.807, 2.05) is 25.2 Å². The van der Waals surface area contributed by atoms with E-state index in [9.17, 15) is 0 Å². The molecular formula is C15H19ClN2OS. The minimum Gasteiger partial charge on any atom is -0.495 e. The number of nitrogens with zero attached hydrogens (tertiary/aromatic N) is 1. The number of halogens is 1. The maximum Gasteiger partial charge on any atom is 0.137 e. The van der Waals surface area contributed by atoms with Gasteiger partial charge < -0.3 is 10.1 Å². The van der Waals surface area contributed by atoms with E-state index < -0.39 is 0 Å². The summed E-state index contributed by atoms with van der Waals surface area (Å²) in [4.78, 5) is 4.71. The van der Waals surface area contributed by atoms with Gasteiger partial charge in [-0.1, -0.05) is 31.5 Å². The molecule has 1 atom stereocenters. The SMILES string of the molecule is CNC(c1ccc(OC)c(Cl)c1)c1nc(C(C)C)cs1. The second kappa shape index (κ2) is 6.57. The predicted molar refractivity (Wildman–Crippen MR) is 85.1 cm³/mol. The lowest BCUT2D eigenvalue weighted by Crippen LogP contribution is -2.17. The van der Waals surface area contributed by atoms with Crippen LogP contribution in [0, 0.1) is 0 Å². The zero-order valence-electron chi connectivity index (χ0n) is 12.1. The van der Waals surface area contributed by atoms with Crippen molar-refractivity contribution in [1.82, 2.24) is 10.3 Å². The monoisotopic (exact) mass is 310 g/mol. The van der Waals surface area contributed by atoms with Crippen LogP contribution in [0.5, 0.6) is 5.75 Å². The van der Waals surface area contributed by atoms with Crippen LogP contribution < -0.4 is 10.1 Å². The number of thiazole rings is 1. The lowest BCUT2D eigenvalue weighted by Gasteiger charge is -2.15. The van der Waals surface area contributed by atoms with Crippen LogP contribution >= 0.6 is 22.9 Å². The molecule has 1 aromatic heterocycles. The summed E-state index contributed by atoms with van der Waals surface area (Å²) in [6.45, 7) is 4.30. The van der Waals surface area contributed by atoms with Crippen LogP contribution in [-0.2, 0) is 0 Å². The number of methoxy groups -OCH3 is 1. The van der Waals surface area contributed by atoms with Crippen molar-refractivity contribution in [2.24, 2.45) is 0 Å². The van der Waals surface area contributed by atoms with E-state index in [-0.39, 0.29) is 6.04 Å². The Labute approximate surface area is 129 Å². The number of hydrogen-bond acceptors (Lipinski definition) is 4.